The Balaban J connectivity index is 2.62. The second kappa shape index (κ2) is 4.03. The van der Waals surface area contributed by atoms with Crippen LogP contribution in [0.25, 0.3) is 5.69 Å². The van der Waals surface area contributed by atoms with E-state index in [1.165, 1.54) is 5.69 Å². The van der Waals surface area contributed by atoms with Crippen molar-refractivity contribution in [2.45, 2.75) is 19.8 Å². The summed E-state index contributed by atoms with van der Waals surface area (Å²) in [6.07, 6.45) is 1.99. The van der Waals surface area contributed by atoms with E-state index < -0.39 is 0 Å². The highest BCUT2D eigenvalue weighted by molar-refractivity contribution is 7.71. The van der Waals surface area contributed by atoms with Crippen LogP contribution in [0, 0.1) is 4.77 Å². The van der Waals surface area contributed by atoms with Gasteiger partial charge in [0.2, 0.25) is 0 Å². The number of imidazole rings is 1. The molecule has 0 aliphatic carbocycles. The molecule has 2 nitrogen and oxygen atoms in total. The molecule has 0 spiro atoms. The molecule has 0 fully saturated rings. The van der Waals surface area contributed by atoms with Gasteiger partial charge in [0.1, 0.15) is 0 Å². The summed E-state index contributed by atoms with van der Waals surface area (Å²) in [6, 6.07) is 10.2. The maximum atomic E-state index is 5.28. The minimum atomic E-state index is 0.457. The Morgan fingerprint density at radius 3 is 2.47 bits per heavy atom. The van der Waals surface area contributed by atoms with Crippen molar-refractivity contribution in [1.82, 2.24) is 9.55 Å². The maximum absolute atomic E-state index is 5.28. The van der Waals surface area contributed by atoms with Gasteiger partial charge in [0.25, 0.3) is 0 Å². The zero-order chi connectivity index (χ0) is 10.8. The van der Waals surface area contributed by atoms with E-state index in [1.807, 2.05) is 24.4 Å². The third-order valence-electron chi connectivity index (χ3n) is 2.41. The molecule has 0 bridgehead atoms. The number of para-hydroxylation sites is 1. The normalized spacial score (nSPS) is 10.9. The largest absolute Gasteiger partial charge is 0.337 e. The fourth-order valence-corrected chi connectivity index (χ4v) is 1.92. The Morgan fingerprint density at radius 2 is 1.87 bits per heavy atom. The fourth-order valence-electron chi connectivity index (χ4n) is 1.65. The van der Waals surface area contributed by atoms with Crippen LogP contribution in [-0.2, 0) is 0 Å². The molecule has 0 radical (unpaired) electrons. The molecule has 78 valence electrons. The van der Waals surface area contributed by atoms with Crippen molar-refractivity contribution in [2.24, 2.45) is 0 Å². The second-order valence-electron chi connectivity index (χ2n) is 3.84. The number of nitrogens with zero attached hydrogens (tertiary/aromatic N) is 1. The number of aromatic nitrogens is 2. The Kier molecular flexibility index (Phi) is 2.73. The van der Waals surface area contributed by atoms with Crippen LogP contribution in [0.1, 0.15) is 25.5 Å². The summed E-state index contributed by atoms with van der Waals surface area (Å²) in [4.78, 5) is 3.09. The zero-order valence-electron chi connectivity index (χ0n) is 8.90. The van der Waals surface area contributed by atoms with Crippen LogP contribution in [0.4, 0.5) is 0 Å². The molecular formula is C12H14N2S. The van der Waals surface area contributed by atoms with Gasteiger partial charge in [0, 0.05) is 17.6 Å². The SMILES string of the molecule is CC(C)c1c[nH]c(=S)n1-c1ccccc1. The average molecular weight is 218 g/mol. The first-order chi connectivity index (χ1) is 7.20. The summed E-state index contributed by atoms with van der Waals surface area (Å²) >= 11 is 5.28. The summed E-state index contributed by atoms with van der Waals surface area (Å²) in [7, 11) is 0. The summed E-state index contributed by atoms with van der Waals surface area (Å²) in [5.74, 6) is 0.457. The number of rotatable bonds is 2. The molecule has 3 heteroatoms. The Labute approximate surface area is 94.6 Å². The predicted molar refractivity (Wildman–Crippen MR) is 65.0 cm³/mol. The van der Waals surface area contributed by atoms with Crippen molar-refractivity contribution in [2.75, 3.05) is 0 Å². The molecule has 0 atom stereocenters. The quantitative estimate of drug-likeness (QED) is 0.763. The summed E-state index contributed by atoms with van der Waals surface area (Å²) in [6.45, 7) is 4.33. The first kappa shape index (κ1) is 10.2. The smallest absolute Gasteiger partial charge is 0.182 e. The molecule has 0 saturated carbocycles. The van der Waals surface area contributed by atoms with Gasteiger partial charge in [-0.15, -0.1) is 0 Å². The first-order valence-corrected chi connectivity index (χ1v) is 5.46. The van der Waals surface area contributed by atoms with Gasteiger partial charge in [-0.1, -0.05) is 32.0 Å². The van der Waals surface area contributed by atoms with Gasteiger partial charge >= 0.3 is 0 Å². The second-order valence-corrected chi connectivity index (χ2v) is 4.23. The van der Waals surface area contributed by atoms with Crippen LogP contribution < -0.4 is 0 Å². The average Bonchev–Trinajstić information content (AvgIpc) is 2.61. The monoisotopic (exact) mass is 218 g/mol. The molecule has 0 unspecified atom stereocenters. The Hall–Kier alpha value is -1.35. The van der Waals surface area contributed by atoms with Crippen LogP contribution in [0.5, 0.6) is 0 Å². The molecule has 1 heterocycles. The summed E-state index contributed by atoms with van der Waals surface area (Å²) < 4.78 is 2.84. The molecule has 0 aliphatic rings. The van der Waals surface area contributed by atoms with Crippen molar-refractivity contribution < 1.29 is 0 Å². The lowest BCUT2D eigenvalue weighted by molar-refractivity contribution is 0.783. The van der Waals surface area contributed by atoms with Crippen molar-refractivity contribution in [3.63, 3.8) is 0 Å². The van der Waals surface area contributed by atoms with E-state index >= 15 is 0 Å². The highest BCUT2D eigenvalue weighted by atomic mass is 32.1. The van der Waals surface area contributed by atoms with E-state index in [-0.39, 0.29) is 0 Å². The van der Waals surface area contributed by atoms with Crippen molar-refractivity contribution in [3.8, 4) is 5.69 Å². The number of hydrogen-bond acceptors (Lipinski definition) is 1. The van der Waals surface area contributed by atoms with Crippen molar-refractivity contribution in [1.29, 1.82) is 0 Å². The van der Waals surface area contributed by atoms with Crippen LogP contribution in [-0.4, -0.2) is 9.55 Å². The minimum Gasteiger partial charge on any atom is -0.337 e. The van der Waals surface area contributed by atoms with Gasteiger partial charge in [0.15, 0.2) is 4.77 Å². The number of nitrogens with one attached hydrogen (secondary N) is 1. The Bertz CT molecular complexity index is 494. The molecule has 0 saturated heterocycles. The number of aromatic amines is 1. The van der Waals surface area contributed by atoms with E-state index in [0.717, 1.165) is 10.5 Å². The van der Waals surface area contributed by atoms with Gasteiger partial charge in [-0.2, -0.15) is 0 Å². The van der Waals surface area contributed by atoms with Crippen molar-refractivity contribution >= 4 is 12.2 Å². The minimum absolute atomic E-state index is 0.457. The fraction of sp³-hybridized carbons (Fsp3) is 0.250. The topological polar surface area (TPSA) is 20.7 Å². The van der Waals surface area contributed by atoms with E-state index in [1.54, 1.807) is 0 Å². The van der Waals surface area contributed by atoms with Gasteiger partial charge in [0.05, 0.1) is 0 Å². The van der Waals surface area contributed by atoms with E-state index in [9.17, 15) is 0 Å². The lowest BCUT2D eigenvalue weighted by Crippen LogP contribution is -2.01. The Morgan fingerprint density at radius 1 is 1.20 bits per heavy atom. The van der Waals surface area contributed by atoms with Gasteiger partial charge in [-0.05, 0) is 30.3 Å². The third kappa shape index (κ3) is 1.88. The lowest BCUT2D eigenvalue weighted by Gasteiger charge is -2.10. The van der Waals surface area contributed by atoms with Crippen LogP contribution >= 0.6 is 12.2 Å². The molecule has 15 heavy (non-hydrogen) atoms. The van der Waals surface area contributed by atoms with Crippen molar-refractivity contribution in [3.05, 3.63) is 47.0 Å². The third-order valence-corrected chi connectivity index (χ3v) is 2.71. The molecule has 0 aliphatic heterocycles. The molecule has 2 rings (SSSR count). The standard InChI is InChI=1S/C12H14N2S/c1-9(2)11-8-13-12(15)14(11)10-6-4-3-5-7-10/h3-9H,1-2H3,(H,13,15). The first-order valence-electron chi connectivity index (χ1n) is 5.06. The zero-order valence-corrected chi connectivity index (χ0v) is 9.71. The number of hydrogen-bond donors (Lipinski definition) is 1. The van der Waals surface area contributed by atoms with Gasteiger partial charge in [-0.3, -0.25) is 4.57 Å². The maximum Gasteiger partial charge on any atom is 0.182 e. The van der Waals surface area contributed by atoms with Gasteiger partial charge in [-0.25, -0.2) is 0 Å². The molecular weight excluding hydrogens is 204 g/mol. The lowest BCUT2D eigenvalue weighted by atomic mass is 10.1. The predicted octanol–water partition coefficient (Wildman–Crippen LogP) is 3.66. The van der Waals surface area contributed by atoms with E-state index in [0.29, 0.717) is 5.92 Å². The molecule has 0 amide bonds. The molecule has 1 aromatic heterocycles. The number of benzene rings is 1. The number of H-pyrrole nitrogens is 1. The molecule has 1 N–H and O–H groups in total. The highest BCUT2D eigenvalue weighted by Gasteiger charge is 2.08. The van der Waals surface area contributed by atoms with E-state index in [2.05, 4.69) is 35.5 Å². The van der Waals surface area contributed by atoms with Crippen LogP contribution in [0.3, 0.4) is 0 Å². The highest BCUT2D eigenvalue weighted by Crippen LogP contribution is 2.19. The molecule has 2 aromatic rings. The van der Waals surface area contributed by atoms with Gasteiger partial charge < -0.3 is 4.98 Å². The van der Waals surface area contributed by atoms with Crippen LogP contribution in [0.15, 0.2) is 36.5 Å². The summed E-state index contributed by atoms with van der Waals surface area (Å²) in [5, 5.41) is 0. The summed E-state index contributed by atoms with van der Waals surface area (Å²) in [5.41, 5.74) is 2.33. The van der Waals surface area contributed by atoms with E-state index in [4.69, 9.17) is 12.2 Å². The molecule has 1 aromatic carbocycles. The van der Waals surface area contributed by atoms with Crippen LogP contribution in [0.2, 0.25) is 0 Å².